The molecule has 0 spiro atoms. The first-order valence-corrected chi connectivity index (χ1v) is 5.26. The Morgan fingerprint density at radius 2 is 2.00 bits per heavy atom. The summed E-state index contributed by atoms with van der Waals surface area (Å²) in [5.41, 5.74) is 9.44. The quantitative estimate of drug-likeness (QED) is 0.758. The summed E-state index contributed by atoms with van der Waals surface area (Å²) in [5, 5.41) is 0.766. The van der Waals surface area contributed by atoms with Crippen molar-refractivity contribution in [2.24, 2.45) is 5.73 Å². The van der Waals surface area contributed by atoms with Crippen molar-refractivity contribution in [3.8, 4) is 0 Å². The second-order valence-electron chi connectivity index (χ2n) is 3.28. The molecule has 0 saturated heterocycles. The van der Waals surface area contributed by atoms with Gasteiger partial charge in [0.15, 0.2) is 0 Å². The van der Waals surface area contributed by atoms with Crippen molar-refractivity contribution in [1.29, 1.82) is 0 Å². The van der Waals surface area contributed by atoms with Gasteiger partial charge in [-0.25, -0.2) is 0 Å². The van der Waals surface area contributed by atoms with Crippen LogP contribution >= 0.6 is 11.6 Å². The summed E-state index contributed by atoms with van der Waals surface area (Å²) in [7, 11) is 1.50. The average molecular weight is 224 g/mol. The van der Waals surface area contributed by atoms with E-state index < -0.39 is 0 Å². The third kappa shape index (κ3) is 4.35. The molecule has 0 fully saturated rings. The zero-order valence-electron chi connectivity index (χ0n) is 9.55. The number of rotatable bonds is 2. The molecule has 0 aliphatic rings. The lowest BCUT2D eigenvalue weighted by Crippen LogP contribution is -1.87. The molecule has 0 atom stereocenters. The maximum absolute atomic E-state index is 6.05. The minimum atomic E-state index is 0.513. The second-order valence-corrected chi connectivity index (χ2v) is 3.69. The van der Waals surface area contributed by atoms with E-state index in [0.717, 1.165) is 10.6 Å². The lowest BCUT2D eigenvalue weighted by atomic mass is 10.0. The highest BCUT2D eigenvalue weighted by Gasteiger charge is 2.01. The molecule has 0 radical (unpaired) electrons. The van der Waals surface area contributed by atoms with Gasteiger partial charge in [0.1, 0.15) is 0 Å². The fourth-order valence-electron chi connectivity index (χ4n) is 1.13. The van der Waals surface area contributed by atoms with Crippen LogP contribution < -0.4 is 5.73 Å². The van der Waals surface area contributed by atoms with Gasteiger partial charge in [0.25, 0.3) is 0 Å². The molecular formula is C13H18ClN. The van der Waals surface area contributed by atoms with E-state index in [1.165, 1.54) is 12.6 Å². The minimum Gasteiger partial charge on any atom is -0.333 e. The summed E-state index contributed by atoms with van der Waals surface area (Å²) >= 11 is 6.05. The van der Waals surface area contributed by atoms with Crippen LogP contribution in [0.5, 0.6) is 0 Å². The molecule has 2 N–H and O–H groups in total. The maximum atomic E-state index is 6.05. The molecule has 1 rings (SSSR count). The number of hydrogen-bond acceptors (Lipinski definition) is 1. The lowest BCUT2D eigenvalue weighted by Gasteiger charge is -2.06. The Balaban J connectivity index is 0.000000921. The van der Waals surface area contributed by atoms with Crippen molar-refractivity contribution >= 4 is 17.7 Å². The molecule has 0 heterocycles. The fraction of sp³-hybridized carbons (Fsp3) is 0.308. The number of halogens is 1. The van der Waals surface area contributed by atoms with Crippen LogP contribution in [0.2, 0.25) is 5.02 Å². The van der Waals surface area contributed by atoms with Gasteiger partial charge >= 0.3 is 0 Å². The molecule has 0 saturated carbocycles. The fourth-order valence-corrected chi connectivity index (χ4v) is 1.37. The van der Waals surface area contributed by atoms with E-state index in [1.54, 1.807) is 6.08 Å². The van der Waals surface area contributed by atoms with E-state index in [-0.39, 0.29) is 0 Å². The predicted molar refractivity (Wildman–Crippen MR) is 69.3 cm³/mol. The summed E-state index contributed by atoms with van der Waals surface area (Å²) in [5.74, 6) is 0.513. The Morgan fingerprint density at radius 1 is 1.40 bits per heavy atom. The molecule has 1 nitrogen and oxygen atoms in total. The number of hydrogen-bond donors (Lipinski definition) is 1. The first-order valence-electron chi connectivity index (χ1n) is 4.88. The molecule has 15 heavy (non-hydrogen) atoms. The van der Waals surface area contributed by atoms with Crippen LogP contribution in [0.15, 0.2) is 30.5 Å². The van der Waals surface area contributed by atoms with Crippen LogP contribution in [0.4, 0.5) is 0 Å². The van der Waals surface area contributed by atoms with Gasteiger partial charge in [-0.15, -0.1) is 5.73 Å². The van der Waals surface area contributed by atoms with Gasteiger partial charge in [0.2, 0.25) is 0 Å². The monoisotopic (exact) mass is 223 g/mol. The topological polar surface area (TPSA) is 26.0 Å². The number of benzene rings is 1. The Hall–Kier alpha value is -1.01. The summed E-state index contributed by atoms with van der Waals surface area (Å²) in [6.45, 7) is 7.81. The van der Waals surface area contributed by atoms with Crippen LogP contribution in [0.3, 0.4) is 0 Å². The van der Waals surface area contributed by atoms with Gasteiger partial charge < -0.3 is 5.73 Å². The third-order valence-electron chi connectivity index (χ3n) is 1.95. The van der Waals surface area contributed by atoms with Gasteiger partial charge in [-0.05, 0) is 30.7 Å². The van der Waals surface area contributed by atoms with E-state index >= 15 is 0 Å². The van der Waals surface area contributed by atoms with E-state index in [2.05, 4.69) is 38.0 Å². The standard InChI is InChI=1S/C12H13Cl.CH5N/c1-4-5-10-6-7-11(9(2)3)8-12(10)13;1-2/h5-9H,1H2,2-3H3;2H2,1H3. The highest BCUT2D eigenvalue weighted by molar-refractivity contribution is 6.32. The minimum absolute atomic E-state index is 0.513. The van der Waals surface area contributed by atoms with E-state index in [4.69, 9.17) is 11.6 Å². The molecule has 82 valence electrons. The molecule has 0 amide bonds. The van der Waals surface area contributed by atoms with Crippen LogP contribution in [-0.2, 0) is 0 Å². The summed E-state index contributed by atoms with van der Waals surface area (Å²) in [4.78, 5) is 0. The zero-order chi connectivity index (χ0) is 11.8. The van der Waals surface area contributed by atoms with Gasteiger partial charge in [0.05, 0.1) is 0 Å². The third-order valence-corrected chi connectivity index (χ3v) is 2.28. The Morgan fingerprint density at radius 3 is 2.40 bits per heavy atom. The Labute approximate surface area is 97.3 Å². The van der Waals surface area contributed by atoms with E-state index in [1.807, 2.05) is 12.1 Å². The molecule has 0 aliphatic carbocycles. The summed E-state index contributed by atoms with van der Waals surface area (Å²) < 4.78 is 0. The van der Waals surface area contributed by atoms with Gasteiger partial charge in [-0.3, -0.25) is 0 Å². The summed E-state index contributed by atoms with van der Waals surface area (Å²) in [6.07, 6.45) is 1.78. The lowest BCUT2D eigenvalue weighted by molar-refractivity contribution is 0.866. The second kappa shape index (κ2) is 7.30. The average Bonchev–Trinajstić information content (AvgIpc) is 2.24. The molecule has 2 heteroatoms. The van der Waals surface area contributed by atoms with E-state index in [9.17, 15) is 0 Å². The molecule has 1 aromatic rings. The molecule has 1 aromatic carbocycles. The van der Waals surface area contributed by atoms with E-state index in [0.29, 0.717) is 5.92 Å². The van der Waals surface area contributed by atoms with Crippen LogP contribution in [0, 0.1) is 0 Å². The van der Waals surface area contributed by atoms with Gasteiger partial charge in [-0.2, -0.15) is 0 Å². The number of nitrogens with two attached hydrogens (primary N) is 1. The molecule has 0 aromatic heterocycles. The van der Waals surface area contributed by atoms with Crippen molar-refractivity contribution in [2.75, 3.05) is 7.05 Å². The SMILES string of the molecule is C=C=Cc1ccc(C(C)C)cc1Cl.CN. The molecule has 0 unspecified atom stereocenters. The van der Waals surface area contributed by atoms with Crippen molar-refractivity contribution in [2.45, 2.75) is 19.8 Å². The van der Waals surface area contributed by atoms with Gasteiger partial charge in [-0.1, -0.05) is 44.2 Å². The first-order chi connectivity index (χ1) is 7.15. The van der Waals surface area contributed by atoms with Crippen LogP contribution in [0.1, 0.15) is 30.9 Å². The van der Waals surface area contributed by atoms with Crippen molar-refractivity contribution in [3.63, 3.8) is 0 Å². The Bertz CT molecular complexity index is 350. The van der Waals surface area contributed by atoms with Crippen LogP contribution in [0.25, 0.3) is 6.08 Å². The summed E-state index contributed by atoms with van der Waals surface area (Å²) in [6, 6.07) is 6.07. The van der Waals surface area contributed by atoms with Crippen molar-refractivity contribution in [3.05, 3.63) is 46.7 Å². The molecule has 0 aliphatic heterocycles. The predicted octanol–water partition coefficient (Wildman–Crippen LogP) is 3.84. The Kier molecular flexibility index (Phi) is 6.81. The maximum Gasteiger partial charge on any atom is 0.0487 e. The van der Waals surface area contributed by atoms with Gasteiger partial charge in [0, 0.05) is 10.6 Å². The zero-order valence-corrected chi connectivity index (χ0v) is 10.3. The highest BCUT2D eigenvalue weighted by Crippen LogP contribution is 2.23. The largest absolute Gasteiger partial charge is 0.333 e. The van der Waals surface area contributed by atoms with Crippen molar-refractivity contribution < 1.29 is 0 Å². The highest BCUT2D eigenvalue weighted by atomic mass is 35.5. The molecular weight excluding hydrogens is 206 g/mol. The van der Waals surface area contributed by atoms with Crippen molar-refractivity contribution in [1.82, 2.24) is 0 Å². The smallest absolute Gasteiger partial charge is 0.0487 e. The normalized spacial score (nSPS) is 8.93. The molecule has 0 bridgehead atoms. The first kappa shape index (κ1) is 14.0. The van der Waals surface area contributed by atoms with Crippen LogP contribution in [-0.4, -0.2) is 7.05 Å².